The van der Waals surface area contributed by atoms with E-state index in [0.717, 1.165) is 30.5 Å². The predicted molar refractivity (Wildman–Crippen MR) is 75.5 cm³/mol. The van der Waals surface area contributed by atoms with Gasteiger partial charge in [-0.1, -0.05) is 19.9 Å². The van der Waals surface area contributed by atoms with Gasteiger partial charge in [-0.25, -0.2) is 4.98 Å². The predicted octanol–water partition coefficient (Wildman–Crippen LogP) is 1.68. The van der Waals surface area contributed by atoms with E-state index in [2.05, 4.69) is 47.3 Å². The average molecular weight is 246 g/mol. The molecule has 0 aliphatic heterocycles. The first kappa shape index (κ1) is 13.1. The first-order valence-electron chi connectivity index (χ1n) is 6.43. The van der Waals surface area contributed by atoms with Crippen LogP contribution >= 0.6 is 0 Å². The van der Waals surface area contributed by atoms with Gasteiger partial charge in [-0.3, -0.25) is 0 Å². The number of imidazole rings is 1. The Morgan fingerprint density at radius 1 is 1.39 bits per heavy atom. The molecule has 98 valence electrons. The number of aromatic nitrogens is 2. The van der Waals surface area contributed by atoms with E-state index in [0.29, 0.717) is 6.54 Å². The van der Waals surface area contributed by atoms with Gasteiger partial charge in [0.25, 0.3) is 0 Å². The monoisotopic (exact) mass is 246 g/mol. The summed E-state index contributed by atoms with van der Waals surface area (Å²) in [6.07, 6.45) is 2.76. The largest absolute Gasteiger partial charge is 0.345 e. The summed E-state index contributed by atoms with van der Waals surface area (Å²) in [5.41, 5.74) is 9.33. The molecule has 0 aliphatic rings. The lowest BCUT2D eigenvalue weighted by molar-refractivity contribution is 0.353. The smallest absolute Gasteiger partial charge is 0.0931 e. The van der Waals surface area contributed by atoms with Crippen molar-refractivity contribution < 1.29 is 0 Å². The highest BCUT2D eigenvalue weighted by atomic mass is 14.9. The first-order chi connectivity index (χ1) is 8.61. The van der Waals surface area contributed by atoms with Gasteiger partial charge in [0.2, 0.25) is 0 Å². The molecule has 0 atom stereocenters. The van der Waals surface area contributed by atoms with Crippen molar-refractivity contribution in [1.82, 2.24) is 15.3 Å². The van der Waals surface area contributed by atoms with Gasteiger partial charge < -0.3 is 16.0 Å². The number of nitrogens with two attached hydrogens (primary N) is 1. The summed E-state index contributed by atoms with van der Waals surface area (Å²) in [5, 5.41) is 3.46. The van der Waals surface area contributed by atoms with Crippen LogP contribution in [0.25, 0.3) is 11.0 Å². The van der Waals surface area contributed by atoms with E-state index in [4.69, 9.17) is 5.73 Å². The van der Waals surface area contributed by atoms with E-state index in [-0.39, 0.29) is 5.41 Å². The van der Waals surface area contributed by atoms with Crippen molar-refractivity contribution >= 4 is 11.0 Å². The molecule has 0 bridgehead atoms. The zero-order valence-electron chi connectivity index (χ0n) is 11.2. The van der Waals surface area contributed by atoms with Crippen LogP contribution in [0.4, 0.5) is 0 Å². The normalized spacial score (nSPS) is 12.2. The third-order valence-electron chi connectivity index (χ3n) is 3.23. The molecule has 4 N–H and O–H groups in total. The Labute approximate surface area is 108 Å². The van der Waals surface area contributed by atoms with Gasteiger partial charge in [0.05, 0.1) is 17.4 Å². The maximum absolute atomic E-state index is 5.70. The zero-order chi connectivity index (χ0) is 13.0. The number of H-pyrrole nitrogens is 1. The van der Waals surface area contributed by atoms with Crippen molar-refractivity contribution in [2.75, 3.05) is 19.6 Å². The van der Waals surface area contributed by atoms with E-state index in [1.54, 1.807) is 6.33 Å². The van der Waals surface area contributed by atoms with Crippen molar-refractivity contribution in [3.8, 4) is 0 Å². The molecule has 2 aromatic rings. The Kier molecular flexibility index (Phi) is 3.99. The fraction of sp³-hybridized carbons (Fsp3) is 0.500. The number of hydrogen-bond donors (Lipinski definition) is 3. The third-order valence-corrected chi connectivity index (χ3v) is 3.23. The zero-order valence-corrected chi connectivity index (χ0v) is 11.2. The van der Waals surface area contributed by atoms with E-state index in [9.17, 15) is 0 Å². The van der Waals surface area contributed by atoms with Crippen molar-refractivity contribution in [3.05, 3.63) is 30.1 Å². The molecule has 0 spiro atoms. The summed E-state index contributed by atoms with van der Waals surface area (Å²) >= 11 is 0. The molecule has 0 fully saturated rings. The van der Waals surface area contributed by atoms with E-state index in [1.165, 1.54) is 5.56 Å². The molecule has 0 saturated carbocycles. The SMILES string of the molecule is CC(C)(CN)CNCCc1ccc2nc[nH]c2c1. The number of benzene rings is 1. The van der Waals surface area contributed by atoms with Gasteiger partial charge >= 0.3 is 0 Å². The number of fused-ring (bicyclic) bond motifs is 1. The number of rotatable bonds is 6. The van der Waals surface area contributed by atoms with Crippen molar-refractivity contribution in [1.29, 1.82) is 0 Å². The Morgan fingerprint density at radius 2 is 2.22 bits per heavy atom. The van der Waals surface area contributed by atoms with E-state index in [1.807, 2.05) is 0 Å². The van der Waals surface area contributed by atoms with Crippen molar-refractivity contribution in [2.24, 2.45) is 11.1 Å². The molecule has 4 nitrogen and oxygen atoms in total. The summed E-state index contributed by atoms with van der Waals surface area (Å²) < 4.78 is 0. The lowest BCUT2D eigenvalue weighted by atomic mass is 9.94. The fourth-order valence-electron chi connectivity index (χ4n) is 1.87. The van der Waals surface area contributed by atoms with E-state index < -0.39 is 0 Å². The summed E-state index contributed by atoms with van der Waals surface area (Å²) in [5.74, 6) is 0. The molecule has 2 rings (SSSR count). The minimum Gasteiger partial charge on any atom is -0.345 e. The highest BCUT2D eigenvalue weighted by Crippen LogP contribution is 2.12. The molecule has 0 radical (unpaired) electrons. The highest BCUT2D eigenvalue weighted by molar-refractivity contribution is 5.75. The summed E-state index contributed by atoms with van der Waals surface area (Å²) in [7, 11) is 0. The molecule has 0 saturated heterocycles. The van der Waals surface area contributed by atoms with Gasteiger partial charge in [-0.15, -0.1) is 0 Å². The number of aromatic amines is 1. The van der Waals surface area contributed by atoms with Gasteiger partial charge in [0.15, 0.2) is 0 Å². The van der Waals surface area contributed by atoms with Crippen LogP contribution in [-0.2, 0) is 6.42 Å². The first-order valence-corrected chi connectivity index (χ1v) is 6.43. The molecule has 0 unspecified atom stereocenters. The van der Waals surface area contributed by atoms with E-state index >= 15 is 0 Å². The van der Waals surface area contributed by atoms with Crippen LogP contribution in [0.1, 0.15) is 19.4 Å². The second-order valence-corrected chi connectivity index (χ2v) is 5.55. The minimum atomic E-state index is 0.174. The highest BCUT2D eigenvalue weighted by Gasteiger charge is 2.14. The number of nitrogens with zero attached hydrogens (tertiary/aromatic N) is 1. The Morgan fingerprint density at radius 3 is 3.00 bits per heavy atom. The number of nitrogens with one attached hydrogen (secondary N) is 2. The van der Waals surface area contributed by atoms with Crippen molar-refractivity contribution in [3.63, 3.8) is 0 Å². The summed E-state index contributed by atoms with van der Waals surface area (Å²) in [6.45, 7) is 6.99. The molecular formula is C14H22N4. The maximum atomic E-state index is 5.70. The Balaban J connectivity index is 1.83. The minimum absolute atomic E-state index is 0.174. The van der Waals surface area contributed by atoms with Crippen LogP contribution < -0.4 is 11.1 Å². The third kappa shape index (κ3) is 3.31. The molecule has 1 heterocycles. The van der Waals surface area contributed by atoms with Gasteiger partial charge in [0, 0.05) is 6.54 Å². The molecule has 4 heteroatoms. The standard InChI is InChI=1S/C14H22N4/c1-14(2,8-15)9-16-6-5-11-3-4-12-13(7-11)18-10-17-12/h3-4,7,10,16H,5-6,8-9,15H2,1-2H3,(H,17,18). The van der Waals surface area contributed by atoms with Crippen LogP contribution in [0.15, 0.2) is 24.5 Å². The van der Waals surface area contributed by atoms with Crippen LogP contribution in [0, 0.1) is 5.41 Å². The lowest BCUT2D eigenvalue weighted by Gasteiger charge is -2.22. The Bertz CT molecular complexity index is 501. The topological polar surface area (TPSA) is 66.7 Å². The number of hydrogen-bond acceptors (Lipinski definition) is 3. The summed E-state index contributed by atoms with van der Waals surface area (Å²) in [4.78, 5) is 7.35. The van der Waals surface area contributed by atoms with Gasteiger partial charge in [-0.2, -0.15) is 0 Å². The lowest BCUT2D eigenvalue weighted by Crippen LogP contribution is -2.36. The second-order valence-electron chi connectivity index (χ2n) is 5.55. The van der Waals surface area contributed by atoms with Crippen LogP contribution in [0.2, 0.25) is 0 Å². The quantitative estimate of drug-likeness (QED) is 0.679. The van der Waals surface area contributed by atoms with Crippen LogP contribution in [0.5, 0.6) is 0 Å². The van der Waals surface area contributed by atoms with Crippen LogP contribution in [0.3, 0.4) is 0 Å². The molecule has 1 aromatic carbocycles. The molecular weight excluding hydrogens is 224 g/mol. The Hall–Kier alpha value is -1.39. The maximum Gasteiger partial charge on any atom is 0.0931 e. The van der Waals surface area contributed by atoms with Gasteiger partial charge in [0.1, 0.15) is 0 Å². The molecule has 0 aliphatic carbocycles. The molecule has 1 aromatic heterocycles. The average Bonchev–Trinajstić information content (AvgIpc) is 2.82. The summed E-state index contributed by atoms with van der Waals surface area (Å²) in [6, 6.07) is 6.36. The molecule has 0 amide bonds. The molecule has 18 heavy (non-hydrogen) atoms. The van der Waals surface area contributed by atoms with Crippen molar-refractivity contribution in [2.45, 2.75) is 20.3 Å². The van der Waals surface area contributed by atoms with Crippen LogP contribution in [-0.4, -0.2) is 29.6 Å². The fourth-order valence-corrected chi connectivity index (χ4v) is 1.87. The second kappa shape index (κ2) is 5.50. The van der Waals surface area contributed by atoms with Gasteiger partial charge in [-0.05, 0) is 42.6 Å².